The molecule has 0 saturated heterocycles. The van der Waals surface area contributed by atoms with Crippen molar-refractivity contribution in [1.82, 2.24) is 5.32 Å². The monoisotopic (exact) mass is 546 g/mol. The number of nitro groups is 3. The van der Waals surface area contributed by atoms with Crippen LogP contribution in [0.25, 0.3) is 16.7 Å². The molecule has 0 fully saturated rings. The fourth-order valence-corrected chi connectivity index (χ4v) is 4.81. The molecule has 206 valence electrons. The fourth-order valence-electron chi connectivity index (χ4n) is 4.81. The predicted octanol–water partition coefficient (Wildman–Crippen LogP) is 6.11. The van der Waals surface area contributed by atoms with Crippen LogP contribution < -0.4 is 5.32 Å². The first kappa shape index (κ1) is 29.4. The summed E-state index contributed by atoms with van der Waals surface area (Å²) in [7, 11) is 0. The van der Waals surface area contributed by atoms with Crippen molar-refractivity contribution >= 4 is 28.5 Å². The molecule has 0 bridgehead atoms. The van der Waals surface area contributed by atoms with Gasteiger partial charge in [-0.05, 0) is 6.42 Å². The molecule has 1 amide bonds. The van der Waals surface area contributed by atoms with E-state index in [1.807, 2.05) is 0 Å². The zero-order valence-electron chi connectivity index (χ0n) is 21.8. The number of fused-ring (bicyclic) bond motifs is 3. The van der Waals surface area contributed by atoms with E-state index in [2.05, 4.69) is 12.2 Å². The first-order chi connectivity index (χ1) is 19.2. The minimum Gasteiger partial charge on any atom is -0.352 e. The number of unbranched alkanes of at least 4 members (excludes halogenated alkanes) is 7. The molecule has 0 spiro atoms. The number of allylic oxidation sites excluding steroid dienone is 1. The quantitative estimate of drug-likeness (QED) is 0.113. The van der Waals surface area contributed by atoms with Gasteiger partial charge in [0.05, 0.1) is 32.0 Å². The molecule has 2 aromatic rings. The number of non-ortho nitro benzene ring substituents is 2. The summed E-state index contributed by atoms with van der Waals surface area (Å²) < 4.78 is 0. The third kappa shape index (κ3) is 6.10. The molecule has 13 nitrogen and oxygen atoms in total. The van der Waals surface area contributed by atoms with Crippen molar-refractivity contribution in [3.05, 3.63) is 76.9 Å². The van der Waals surface area contributed by atoms with Crippen LogP contribution in [0.2, 0.25) is 0 Å². The Hall–Kier alpha value is -5.17. The molecular formula is C27H26N6O7. The summed E-state index contributed by atoms with van der Waals surface area (Å²) >= 11 is 0. The van der Waals surface area contributed by atoms with Gasteiger partial charge < -0.3 is 5.32 Å². The summed E-state index contributed by atoms with van der Waals surface area (Å²) in [6.07, 6.45) is 8.24. The van der Waals surface area contributed by atoms with Gasteiger partial charge in [-0.1, -0.05) is 51.9 Å². The minimum atomic E-state index is -0.874. The van der Waals surface area contributed by atoms with Crippen molar-refractivity contribution in [2.75, 3.05) is 6.54 Å². The molecule has 3 rings (SSSR count). The van der Waals surface area contributed by atoms with Crippen LogP contribution in [0.5, 0.6) is 0 Å². The SMILES string of the molecule is CCCCCCCCCCNC(=O)c1cc([N+](=O)[O-])cc2c1-c1c(cc([N+](=O)[O-])cc1[N+](=O)[O-])C2=C(C#N)C#N. The number of nitrogens with zero attached hydrogens (tertiary/aromatic N) is 5. The lowest BCUT2D eigenvalue weighted by Gasteiger charge is -2.11. The first-order valence-corrected chi connectivity index (χ1v) is 12.8. The minimum absolute atomic E-state index is 0.103. The highest BCUT2D eigenvalue weighted by molar-refractivity contribution is 6.14. The normalized spacial score (nSPS) is 11.1. The van der Waals surface area contributed by atoms with Crippen LogP contribution in [0, 0.1) is 53.0 Å². The first-order valence-electron chi connectivity index (χ1n) is 12.8. The molecule has 1 aliphatic rings. The number of amides is 1. The Bertz CT molecular complexity index is 1480. The number of nitriles is 2. The molecule has 1 N–H and O–H groups in total. The van der Waals surface area contributed by atoms with E-state index in [0.29, 0.717) is 12.5 Å². The Morgan fingerprint density at radius 2 is 1.30 bits per heavy atom. The van der Waals surface area contributed by atoms with Crippen molar-refractivity contribution in [3.63, 3.8) is 0 Å². The van der Waals surface area contributed by atoms with Gasteiger partial charge in [0, 0.05) is 47.0 Å². The van der Waals surface area contributed by atoms with Gasteiger partial charge >= 0.3 is 0 Å². The average Bonchev–Trinajstić information content (AvgIpc) is 3.25. The van der Waals surface area contributed by atoms with Crippen LogP contribution in [-0.2, 0) is 0 Å². The Balaban J connectivity index is 2.09. The second kappa shape index (κ2) is 13.1. The number of hydrogen-bond acceptors (Lipinski definition) is 9. The predicted molar refractivity (Wildman–Crippen MR) is 144 cm³/mol. The lowest BCUT2D eigenvalue weighted by molar-refractivity contribution is -0.393. The number of nitro benzene ring substituents is 3. The lowest BCUT2D eigenvalue weighted by atomic mass is 9.95. The molecule has 0 heterocycles. The number of nitrogens with one attached hydrogen (secondary N) is 1. The van der Waals surface area contributed by atoms with Crippen molar-refractivity contribution in [3.8, 4) is 23.3 Å². The number of rotatable bonds is 13. The van der Waals surface area contributed by atoms with E-state index >= 15 is 0 Å². The summed E-state index contributed by atoms with van der Waals surface area (Å²) in [5.74, 6) is -0.738. The fraction of sp³-hybridized carbons (Fsp3) is 0.370. The van der Waals surface area contributed by atoms with Gasteiger partial charge in [-0.25, -0.2) is 0 Å². The van der Waals surface area contributed by atoms with Crippen molar-refractivity contribution in [1.29, 1.82) is 10.5 Å². The molecule has 0 radical (unpaired) electrons. The summed E-state index contributed by atoms with van der Waals surface area (Å²) in [6.45, 7) is 2.40. The van der Waals surface area contributed by atoms with Gasteiger partial charge in [0.2, 0.25) is 0 Å². The maximum absolute atomic E-state index is 13.3. The van der Waals surface area contributed by atoms with E-state index in [9.17, 15) is 45.7 Å². The Morgan fingerprint density at radius 3 is 1.82 bits per heavy atom. The topological polar surface area (TPSA) is 206 Å². The van der Waals surface area contributed by atoms with Crippen molar-refractivity contribution in [2.24, 2.45) is 0 Å². The van der Waals surface area contributed by atoms with Crippen molar-refractivity contribution in [2.45, 2.75) is 58.3 Å². The summed E-state index contributed by atoms with van der Waals surface area (Å²) in [6, 6.07) is 6.95. The number of hydrogen-bond donors (Lipinski definition) is 1. The van der Waals surface area contributed by atoms with Crippen LogP contribution >= 0.6 is 0 Å². The van der Waals surface area contributed by atoms with Crippen LogP contribution in [-0.4, -0.2) is 27.2 Å². The Morgan fingerprint density at radius 1 is 0.775 bits per heavy atom. The summed E-state index contributed by atoms with van der Waals surface area (Å²) in [4.78, 5) is 46.1. The van der Waals surface area contributed by atoms with Gasteiger partial charge in [0.25, 0.3) is 23.0 Å². The van der Waals surface area contributed by atoms with E-state index in [0.717, 1.165) is 50.3 Å². The number of carbonyl (C=O) groups is 1. The third-order valence-corrected chi connectivity index (χ3v) is 6.67. The van der Waals surface area contributed by atoms with Crippen LogP contribution in [0.15, 0.2) is 29.8 Å². The molecule has 40 heavy (non-hydrogen) atoms. The highest BCUT2D eigenvalue weighted by atomic mass is 16.6. The Kier molecular flexibility index (Phi) is 9.60. The van der Waals surface area contributed by atoms with E-state index in [1.165, 1.54) is 12.8 Å². The van der Waals surface area contributed by atoms with Crippen LogP contribution in [0.3, 0.4) is 0 Å². The average molecular weight is 547 g/mol. The van der Waals surface area contributed by atoms with Crippen LogP contribution in [0.1, 0.15) is 79.8 Å². The van der Waals surface area contributed by atoms with E-state index in [-0.39, 0.29) is 39.9 Å². The number of benzene rings is 2. The van der Waals surface area contributed by atoms with Gasteiger partial charge in [-0.2, -0.15) is 10.5 Å². The zero-order valence-corrected chi connectivity index (χ0v) is 21.8. The largest absolute Gasteiger partial charge is 0.352 e. The molecule has 0 saturated carbocycles. The third-order valence-electron chi connectivity index (χ3n) is 6.67. The van der Waals surface area contributed by atoms with E-state index in [4.69, 9.17) is 0 Å². The highest BCUT2D eigenvalue weighted by Crippen LogP contribution is 2.53. The maximum Gasteiger partial charge on any atom is 0.284 e. The molecule has 13 heteroatoms. The second-order valence-electron chi connectivity index (χ2n) is 9.28. The smallest absolute Gasteiger partial charge is 0.284 e. The van der Waals surface area contributed by atoms with E-state index < -0.39 is 43.3 Å². The molecule has 1 aliphatic carbocycles. The van der Waals surface area contributed by atoms with E-state index in [1.54, 1.807) is 12.1 Å². The summed E-state index contributed by atoms with van der Waals surface area (Å²) in [5.41, 5.74) is -3.72. The van der Waals surface area contributed by atoms with Gasteiger partial charge in [-0.15, -0.1) is 0 Å². The second-order valence-corrected chi connectivity index (χ2v) is 9.28. The van der Waals surface area contributed by atoms with Crippen LogP contribution in [0.4, 0.5) is 17.1 Å². The van der Waals surface area contributed by atoms with Gasteiger partial charge in [0.1, 0.15) is 17.7 Å². The lowest BCUT2D eigenvalue weighted by Crippen LogP contribution is -2.25. The van der Waals surface area contributed by atoms with Gasteiger partial charge in [0.15, 0.2) is 0 Å². The van der Waals surface area contributed by atoms with Gasteiger partial charge in [-0.3, -0.25) is 35.1 Å². The molecule has 0 atom stereocenters. The standard InChI is InChI=1S/C27H26N6O7/c1-2-3-4-5-6-7-8-9-10-30-27(34)22-13-18(31(35)36)11-20-24(17(15-28)16-29)21-12-19(32(37)38)14-23(33(39)40)26(21)25(20)22/h11-14H,2-10H2,1H3,(H,30,34). The summed E-state index contributed by atoms with van der Waals surface area (Å²) in [5, 5.41) is 57.1. The number of carbonyl (C=O) groups excluding carboxylic acids is 1. The molecule has 0 aromatic heterocycles. The van der Waals surface area contributed by atoms with Crippen molar-refractivity contribution < 1.29 is 19.6 Å². The maximum atomic E-state index is 13.3. The zero-order chi connectivity index (χ0) is 29.4. The molecule has 0 unspecified atom stereocenters. The highest BCUT2D eigenvalue weighted by Gasteiger charge is 2.39. The molecular weight excluding hydrogens is 520 g/mol. The Labute approximate surface area is 229 Å². The molecule has 2 aromatic carbocycles. The molecule has 0 aliphatic heterocycles.